The maximum Gasteiger partial charge on any atom is 0.226 e. The second kappa shape index (κ2) is 9.00. The van der Waals surface area contributed by atoms with Gasteiger partial charge in [0.25, 0.3) is 0 Å². The third kappa shape index (κ3) is 4.68. The quantitative estimate of drug-likeness (QED) is 0.701. The van der Waals surface area contributed by atoms with Crippen LogP contribution < -0.4 is 5.32 Å². The van der Waals surface area contributed by atoms with E-state index in [-0.39, 0.29) is 17.7 Å². The van der Waals surface area contributed by atoms with Crippen LogP contribution in [0.15, 0.2) is 55.6 Å². The van der Waals surface area contributed by atoms with E-state index in [2.05, 4.69) is 40.9 Å². The van der Waals surface area contributed by atoms with Crippen molar-refractivity contribution in [3.8, 4) is 11.1 Å². The SMILES string of the molecule is C=CCNC(=O)C1(Cc2cccc(-c3cncnc3)c2)CCN(C(=O)[C@@H]2C[C@@H]2C)CC1. The van der Waals surface area contributed by atoms with Crippen molar-refractivity contribution < 1.29 is 9.59 Å². The largest absolute Gasteiger partial charge is 0.352 e. The summed E-state index contributed by atoms with van der Waals surface area (Å²) in [5, 5.41) is 3.02. The molecule has 4 rings (SSSR count). The van der Waals surface area contributed by atoms with Crippen molar-refractivity contribution in [2.75, 3.05) is 19.6 Å². The Morgan fingerprint density at radius 3 is 2.58 bits per heavy atom. The van der Waals surface area contributed by atoms with Crippen molar-refractivity contribution in [1.29, 1.82) is 0 Å². The summed E-state index contributed by atoms with van der Waals surface area (Å²) < 4.78 is 0. The molecule has 1 aromatic heterocycles. The fourth-order valence-corrected chi connectivity index (χ4v) is 4.59. The highest BCUT2D eigenvalue weighted by atomic mass is 16.2. The Hall–Kier alpha value is -3.02. The average molecular weight is 419 g/mol. The molecule has 6 nitrogen and oxygen atoms in total. The topological polar surface area (TPSA) is 75.2 Å². The fourth-order valence-electron chi connectivity index (χ4n) is 4.59. The zero-order chi connectivity index (χ0) is 21.8. The monoisotopic (exact) mass is 418 g/mol. The van der Waals surface area contributed by atoms with E-state index in [0.717, 1.165) is 23.1 Å². The van der Waals surface area contributed by atoms with E-state index in [9.17, 15) is 9.59 Å². The zero-order valence-corrected chi connectivity index (χ0v) is 18.1. The summed E-state index contributed by atoms with van der Waals surface area (Å²) in [6, 6.07) is 8.23. The summed E-state index contributed by atoms with van der Waals surface area (Å²) >= 11 is 0. The van der Waals surface area contributed by atoms with Crippen LogP contribution in [0.3, 0.4) is 0 Å². The van der Waals surface area contributed by atoms with Gasteiger partial charge in [-0.15, -0.1) is 6.58 Å². The van der Waals surface area contributed by atoms with Crippen molar-refractivity contribution in [1.82, 2.24) is 20.2 Å². The molecule has 2 heterocycles. The van der Waals surface area contributed by atoms with Gasteiger partial charge < -0.3 is 10.2 Å². The Morgan fingerprint density at radius 1 is 1.23 bits per heavy atom. The molecule has 0 spiro atoms. The van der Waals surface area contributed by atoms with E-state index in [1.807, 2.05) is 17.0 Å². The molecule has 1 N–H and O–H groups in total. The minimum Gasteiger partial charge on any atom is -0.352 e. The lowest BCUT2D eigenvalue weighted by atomic mass is 9.72. The van der Waals surface area contributed by atoms with Crippen LogP contribution in [0.5, 0.6) is 0 Å². The maximum atomic E-state index is 13.2. The van der Waals surface area contributed by atoms with Crippen molar-refractivity contribution in [3.05, 3.63) is 61.2 Å². The third-order valence-corrected chi connectivity index (χ3v) is 6.71. The van der Waals surface area contributed by atoms with E-state index < -0.39 is 5.41 Å². The number of piperidine rings is 1. The molecule has 31 heavy (non-hydrogen) atoms. The number of hydrogen-bond donors (Lipinski definition) is 1. The summed E-state index contributed by atoms with van der Waals surface area (Å²) in [7, 11) is 0. The number of amides is 2. The van der Waals surface area contributed by atoms with Gasteiger partial charge in [-0.2, -0.15) is 0 Å². The molecule has 6 heteroatoms. The van der Waals surface area contributed by atoms with E-state index in [0.29, 0.717) is 44.8 Å². The number of carbonyl (C=O) groups is 2. The van der Waals surface area contributed by atoms with Crippen LogP contribution in [-0.2, 0) is 16.0 Å². The summed E-state index contributed by atoms with van der Waals surface area (Å²) in [4.78, 5) is 36.1. The lowest BCUT2D eigenvalue weighted by Gasteiger charge is -2.41. The van der Waals surface area contributed by atoms with E-state index in [4.69, 9.17) is 0 Å². The second-order valence-electron chi connectivity index (χ2n) is 8.93. The van der Waals surface area contributed by atoms with Crippen LogP contribution in [0, 0.1) is 17.3 Å². The number of nitrogens with zero attached hydrogens (tertiary/aromatic N) is 3. The summed E-state index contributed by atoms with van der Waals surface area (Å²) in [5.41, 5.74) is 2.56. The first-order valence-corrected chi connectivity index (χ1v) is 11.0. The van der Waals surface area contributed by atoms with Gasteiger partial charge in [0.2, 0.25) is 11.8 Å². The van der Waals surface area contributed by atoms with Crippen LogP contribution >= 0.6 is 0 Å². The minimum absolute atomic E-state index is 0.0488. The molecular formula is C25H30N4O2. The zero-order valence-electron chi connectivity index (χ0n) is 18.1. The second-order valence-corrected chi connectivity index (χ2v) is 8.93. The summed E-state index contributed by atoms with van der Waals surface area (Å²) in [6.45, 7) is 7.57. The number of benzene rings is 1. The van der Waals surface area contributed by atoms with Crippen molar-refractivity contribution in [3.63, 3.8) is 0 Å². The molecule has 2 amide bonds. The van der Waals surface area contributed by atoms with Gasteiger partial charge in [0.1, 0.15) is 6.33 Å². The molecule has 1 saturated heterocycles. The Morgan fingerprint density at radius 2 is 1.94 bits per heavy atom. The molecule has 1 saturated carbocycles. The van der Waals surface area contributed by atoms with Crippen molar-refractivity contribution in [2.45, 2.75) is 32.6 Å². The number of carbonyl (C=O) groups excluding carboxylic acids is 2. The number of hydrogen-bond acceptors (Lipinski definition) is 4. The Labute approximate surface area is 183 Å². The van der Waals surface area contributed by atoms with Crippen LogP contribution in [0.25, 0.3) is 11.1 Å². The molecule has 0 bridgehead atoms. The molecule has 0 radical (unpaired) electrons. The number of nitrogens with one attached hydrogen (secondary N) is 1. The van der Waals surface area contributed by atoms with Gasteiger partial charge in [0.05, 0.1) is 5.41 Å². The highest BCUT2D eigenvalue weighted by Crippen LogP contribution is 2.42. The predicted octanol–water partition coefficient (Wildman–Crippen LogP) is 3.25. The Bertz CT molecular complexity index is 951. The molecule has 2 fully saturated rings. The Kier molecular flexibility index (Phi) is 6.16. The number of aromatic nitrogens is 2. The lowest BCUT2D eigenvalue weighted by Crippen LogP contribution is -2.51. The van der Waals surface area contributed by atoms with Crippen LogP contribution in [0.2, 0.25) is 0 Å². The van der Waals surface area contributed by atoms with Crippen LogP contribution in [0.1, 0.15) is 31.7 Å². The molecule has 0 unspecified atom stereocenters. The van der Waals surface area contributed by atoms with Gasteiger partial charge in [-0.1, -0.05) is 37.3 Å². The third-order valence-electron chi connectivity index (χ3n) is 6.71. The number of rotatable bonds is 7. The van der Waals surface area contributed by atoms with Gasteiger partial charge in [-0.25, -0.2) is 9.97 Å². The summed E-state index contributed by atoms with van der Waals surface area (Å²) in [5.74, 6) is 0.998. The Balaban J connectivity index is 1.53. The molecule has 2 atom stereocenters. The van der Waals surface area contributed by atoms with E-state index in [1.54, 1.807) is 18.5 Å². The first kappa shape index (κ1) is 21.2. The van der Waals surface area contributed by atoms with Crippen molar-refractivity contribution >= 4 is 11.8 Å². The maximum absolute atomic E-state index is 13.2. The lowest BCUT2D eigenvalue weighted by molar-refractivity contribution is -0.141. The normalized spacial score (nSPS) is 21.9. The van der Waals surface area contributed by atoms with Gasteiger partial charge in [-0.3, -0.25) is 9.59 Å². The van der Waals surface area contributed by atoms with Crippen molar-refractivity contribution in [2.24, 2.45) is 17.3 Å². The van der Waals surface area contributed by atoms with E-state index in [1.165, 1.54) is 6.33 Å². The number of likely N-dealkylation sites (tertiary alicyclic amines) is 1. The molecule has 1 aliphatic carbocycles. The molecule has 162 valence electrons. The van der Waals surface area contributed by atoms with Gasteiger partial charge in [-0.05, 0) is 42.7 Å². The first-order valence-electron chi connectivity index (χ1n) is 11.0. The van der Waals surface area contributed by atoms with Gasteiger partial charge in [0.15, 0.2) is 0 Å². The molecule has 2 aliphatic rings. The van der Waals surface area contributed by atoms with Gasteiger partial charge >= 0.3 is 0 Å². The highest BCUT2D eigenvalue weighted by Gasteiger charge is 2.46. The highest BCUT2D eigenvalue weighted by molar-refractivity contribution is 5.85. The smallest absolute Gasteiger partial charge is 0.226 e. The molecular weight excluding hydrogens is 388 g/mol. The molecule has 1 aliphatic heterocycles. The first-order chi connectivity index (χ1) is 15.0. The molecule has 2 aromatic rings. The van der Waals surface area contributed by atoms with Gasteiger partial charge in [0, 0.05) is 43.5 Å². The summed E-state index contributed by atoms with van der Waals surface area (Å²) in [6.07, 6.45) is 9.78. The van der Waals surface area contributed by atoms with E-state index >= 15 is 0 Å². The van der Waals surface area contributed by atoms with Crippen LogP contribution in [0.4, 0.5) is 0 Å². The fraction of sp³-hybridized carbons (Fsp3) is 0.440. The predicted molar refractivity (Wildman–Crippen MR) is 120 cm³/mol. The minimum atomic E-state index is -0.527. The van der Waals surface area contributed by atoms with Crippen LogP contribution in [-0.4, -0.2) is 46.3 Å². The standard InChI is InChI=1S/C25H30N4O2/c1-3-9-28-24(31)25(7-10-29(11-8-25)23(30)22-12-18(22)2)14-19-5-4-6-20(13-19)21-15-26-17-27-16-21/h3-6,13,15-18,22H,1,7-12,14H2,2H3,(H,28,31)/t18-,22+/m0/s1. The average Bonchev–Trinajstić information content (AvgIpc) is 3.54. The molecule has 1 aromatic carbocycles.